The molecule has 128 valence electrons. The second-order valence-electron chi connectivity index (χ2n) is 6.56. The zero-order valence-corrected chi connectivity index (χ0v) is 15.3. The number of H-pyrrole nitrogens is 1. The average molecular weight is 370 g/mol. The molecule has 3 aromatic rings. The Hall–Kier alpha value is -1.79. The van der Waals surface area contributed by atoms with E-state index in [1.165, 1.54) is 29.7 Å². The third-order valence-corrected chi connectivity index (χ3v) is 7.21. The van der Waals surface area contributed by atoms with Crippen LogP contribution in [0.2, 0.25) is 0 Å². The summed E-state index contributed by atoms with van der Waals surface area (Å²) in [5.74, 6) is 2.28. The van der Waals surface area contributed by atoms with Crippen LogP contribution >= 0.6 is 23.1 Å². The number of benzene rings is 1. The molecule has 2 aromatic heterocycles. The highest BCUT2D eigenvalue weighted by Gasteiger charge is 2.26. The van der Waals surface area contributed by atoms with Crippen LogP contribution in [0.1, 0.15) is 41.6 Å². The molecule has 0 fully saturated rings. The van der Waals surface area contributed by atoms with Gasteiger partial charge in [0.1, 0.15) is 10.6 Å². The second kappa shape index (κ2) is 6.18. The fraction of sp³-hybridized carbons (Fsp3) is 0.368. The van der Waals surface area contributed by atoms with Crippen LogP contribution in [0.15, 0.2) is 34.0 Å². The Bertz CT molecular complexity index is 1010. The smallest absolute Gasteiger partial charge is 0.260 e. The van der Waals surface area contributed by atoms with Crippen LogP contribution in [-0.2, 0) is 12.8 Å². The van der Waals surface area contributed by atoms with E-state index in [1.54, 1.807) is 23.1 Å². The van der Waals surface area contributed by atoms with Gasteiger partial charge in [-0.2, -0.15) is 0 Å². The van der Waals surface area contributed by atoms with E-state index in [0.29, 0.717) is 5.82 Å². The summed E-state index contributed by atoms with van der Waals surface area (Å²) in [6, 6.07) is 8.02. The molecule has 2 aliphatic rings. The van der Waals surface area contributed by atoms with Gasteiger partial charge in [0.25, 0.3) is 5.56 Å². The van der Waals surface area contributed by atoms with E-state index < -0.39 is 0 Å². The van der Waals surface area contributed by atoms with Crippen LogP contribution < -0.4 is 10.3 Å². The summed E-state index contributed by atoms with van der Waals surface area (Å²) in [5, 5.41) is 0.814. The highest BCUT2D eigenvalue weighted by Crippen LogP contribution is 2.40. The summed E-state index contributed by atoms with van der Waals surface area (Å²) in [6.07, 6.45) is 5.50. The summed E-state index contributed by atoms with van der Waals surface area (Å²) < 4.78 is 6.10. The molecule has 0 bridgehead atoms. The van der Waals surface area contributed by atoms with Crippen molar-refractivity contribution >= 4 is 33.3 Å². The molecule has 0 unspecified atom stereocenters. The average Bonchev–Trinajstić information content (AvgIpc) is 2.83. The molecule has 1 atom stereocenters. The Morgan fingerprint density at radius 3 is 3.00 bits per heavy atom. The molecular formula is C19H18N2O2S2. The quantitative estimate of drug-likeness (QED) is 0.642. The lowest BCUT2D eigenvalue weighted by atomic mass is 10.1. The van der Waals surface area contributed by atoms with E-state index >= 15 is 0 Å². The highest BCUT2D eigenvalue weighted by atomic mass is 32.2. The van der Waals surface area contributed by atoms with Crippen LogP contribution in [-0.4, -0.2) is 15.7 Å². The van der Waals surface area contributed by atoms with Crippen molar-refractivity contribution in [1.82, 2.24) is 9.97 Å². The first-order valence-electron chi connectivity index (χ1n) is 8.72. The molecule has 1 N–H and O–H groups in total. The molecule has 1 aliphatic heterocycles. The van der Waals surface area contributed by atoms with Gasteiger partial charge in [-0.1, -0.05) is 18.6 Å². The lowest BCUT2D eigenvalue weighted by Gasteiger charge is -2.24. The number of thioether (sulfide) groups is 1. The van der Waals surface area contributed by atoms with Crippen molar-refractivity contribution in [2.45, 2.75) is 43.1 Å². The Kier molecular flexibility index (Phi) is 3.82. The molecule has 0 amide bonds. The van der Waals surface area contributed by atoms with Gasteiger partial charge >= 0.3 is 0 Å². The number of ether oxygens (including phenoxy) is 1. The monoisotopic (exact) mass is 370 g/mol. The van der Waals surface area contributed by atoms with E-state index in [1.807, 2.05) is 18.2 Å². The molecule has 4 nitrogen and oxygen atoms in total. The SMILES string of the molecule is O=c1[nH]c([C@@H]2CSc3ccccc3O2)nc2sc3c(c12)CCCCC3. The third-order valence-electron chi connectivity index (χ3n) is 4.91. The number of hydrogen-bond acceptors (Lipinski definition) is 5. The molecule has 0 spiro atoms. The van der Waals surface area contributed by atoms with Gasteiger partial charge in [0.05, 0.1) is 5.39 Å². The number of fused-ring (bicyclic) bond motifs is 4. The topological polar surface area (TPSA) is 55.0 Å². The summed E-state index contributed by atoms with van der Waals surface area (Å²) in [7, 11) is 0. The number of thiophene rings is 1. The van der Waals surface area contributed by atoms with Crippen LogP contribution in [0.4, 0.5) is 0 Å². The van der Waals surface area contributed by atoms with Crippen molar-refractivity contribution in [3.63, 3.8) is 0 Å². The van der Waals surface area contributed by atoms with Crippen molar-refractivity contribution in [3.05, 3.63) is 50.9 Å². The summed E-state index contributed by atoms with van der Waals surface area (Å²) >= 11 is 3.45. The van der Waals surface area contributed by atoms with Crippen molar-refractivity contribution < 1.29 is 4.74 Å². The first kappa shape index (κ1) is 15.5. The Labute approximate surface area is 153 Å². The van der Waals surface area contributed by atoms with Gasteiger partial charge < -0.3 is 9.72 Å². The molecule has 3 heterocycles. The normalized spacial score (nSPS) is 19.8. The number of aryl methyl sites for hydroxylation is 2. The number of aromatic nitrogens is 2. The fourth-order valence-corrected chi connectivity index (χ4v) is 5.92. The van der Waals surface area contributed by atoms with Crippen LogP contribution in [0.5, 0.6) is 5.75 Å². The second-order valence-corrected chi connectivity index (χ2v) is 8.71. The maximum Gasteiger partial charge on any atom is 0.260 e. The lowest BCUT2D eigenvalue weighted by Crippen LogP contribution is -2.21. The predicted molar refractivity (Wildman–Crippen MR) is 102 cm³/mol. The van der Waals surface area contributed by atoms with Gasteiger partial charge in [0.2, 0.25) is 0 Å². The first-order chi connectivity index (χ1) is 12.3. The van der Waals surface area contributed by atoms with Crippen molar-refractivity contribution in [2.75, 3.05) is 5.75 Å². The maximum absolute atomic E-state index is 12.8. The standard InChI is InChI=1S/C19H18N2O2S2/c22-18-16-11-6-2-1-3-8-14(11)25-19(16)21-17(20-18)13-10-24-15-9-5-4-7-12(15)23-13/h4-5,7,9,13H,1-3,6,8,10H2,(H,20,21,22)/t13-/m0/s1. The van der Waals surface area contributed by atoms with Crippen LogP contribution in [0, 0.1) is 0 Å². The van der Waals surface area contributed by atoms with Gasteiger partial charge in [-0.25, -0.2) is 4.98 Å². The minimum Gasteiger partial charge on any atom is -0.480 e. The zero-order chi connectivity index (χ0) is 16.8. The number of nitrogens with one attached hydrogen (secondary N) is 1. The van der Waals surface area contributed by atoms with E-state index in [-0.39, 0.29) is 11.7 Å². The van der Waals surface area contributed by atoms with Crippen molar-refractivity contribution in [1.29, 1.82) is 0 Å². The maximum atomic E-state index is 12.8. The Morgan fingerprint density at radius 1 is 1.16 bits per heavy atom. The third kappa shape index (κ3) is 2.68. The van der Waals surface area contributed by atoms with Gasteiger partial charge in [-0.05, 0) is 43.4 Å². The molecule has 1 aromatic carbocycles. The summed E-state index contributed by atoms with van der Waals surface area (Å²) in [4.78, 5) is 24.0. The Morgan fingerprint density at radius 2 is 2.04 bits per heavy atom. The molecule has 0 saturated heterocycles. The van der Waals surface area contributed by atoms with Gasteiger partial charge in [0, 0.05) is 15.5 Å². The highest BCUT2D eigenvalue weighted by molar-refractivity contribution is 7.99. The minimum absolute atomic E-state index is 0.00754. The fourth-order valence-electron chi connectivity index (χ4n) is 3.66. The van der Waals surface area contributed by atoms with E-state index in [4.69, 9.17) is 9.72 Å². The van der Waals surface area contributed by atoms with Gasteiger partial charge in [0.15, 0.2) is 11.9 Å². The van der Waals surface area contributed by atoms with Gasteiger partial charge in [-0.15, -0.1) is 23.1 Å². The molecule has 0 radical (unpaired) electrons. The van der Waals surface area contributed by atoms with E-state index in [2.05, 4.69) is 11.1 Å². The largest absolute Gasteiger partial charge is 0.480 e. The van der Waals surface area contributed by atoms with E-state index in [0.717, 1.165) is 39.5 Å². The number of nitrogens with zero attached hydrogens (tertiary/aromatic N) is 1. The minimum atomic E-state index is -0.209. The predicted octanol–water partition coefficient (Wildman–Crippen LogP) is 4.48. The molecular weight excluding hydrogens is 352 g/mol. The number of hydrogen-bond donors (Lipinski definition) is 1. The molecule has 6 heteroatoms. The van der Waals surface area contributed by atoms with Crippen molar-refractivity contribution in [2.24, 2.45) is 0 Å². The summed E-state index contributed by atoms with van der Waals surface area (Å²) in [6.45, 7) is 0. The Balaban J connectivity index is 1.56. The molecule has 5 rings (SSSR count). The van der Waals surface area contributed by atoms with E-state index in [9.17, 15) is 4.79 Å². The first-order valence-corrected chi connectivity index (χ1v) is 10.5. The summed E-state index contributed by atoms with van der Waals surface area (Å²) in [5.41, 5.74) is 1.23. The number of rotatable bonds is 1. The van der Waals surface area contributed by atoms with Crippen molar-refractivity contribution in [3.8, 4) is 5.75 Å². The van der Waals surface area contributed by atoms with Crippen LogP contribution in [0.25, 0.3) is 10.2 Å². The molecule has 0 saturated carbocycles. The molecule has 1 aliphatic carbocycles. The lowest BCUT2D eigenvalue weighted by molar-refractivity contribution is 0.210. The van der Waals surface area contributed by atoms with Gasteiger partial charge in [-0.3, -0.25) is 4.79 Å². The zero-order valence-electron chi connectivity index (χ0n) is 13.7. The number of para-hydroxylation sites is 1. The molecule has 25 heavy (non-hydrogen) atoms. The van der Waals surface area contributed by atoms with Crippen LogP contribution in [0.3, 0.4) is 0 Å². The number of aromatic amines is 1.